The van der Waals surface area contributed by atoms with E-state index in [0.29, 0.717) is 6.04 Å². The zero-order valence-electron chi connectivity index (χ0n) is 11.1. The van der Waals surface area contributed by atoms with Gasteiger partial charge in [0.25, 0.3) is 0 Å². The average molecular weight is 225 g/mol. The van der Waals surface area contributed by atoms with Crippen LogP contribution in [0.2, 0.25) is 0 Å². The van der Waals surface area contributed by atoms with Crippen LogP contribution in [-0.4, -0.2) is 19.2 Å². The number of rotatable bonds is 8. The number of ether oxygens (including phenoxy) is 1. The first kappa shape index (κ1) is 13.6. The summed E-state index contributed by atoms with van der Waals surface area (Å²) in [5, 5.41) is 3.60. The van der Waals surface area contributed by atoms with Crippen LogP contribution in [0, 0.1) is 5.92 Å². The summed E-state index contributed by atoms with van der Waals surface area (Å²) in [4.78, 5) is 0. The van der Waals surface area contributed by atoms with Gasteiger partial charge in [-0.05, 0) is 31.4 Å². The van der Waals surface area contributed by atoms with Gasteiger partial charge in [0.15, 0.2) is 0 Å². The molecule has 0 aromatic heterocycles. The number of hydrogen-bond acceptors (Lipinski definition) is 2. The molecule has 0 radical (unpaired) electrons. The molecule has 0 bridgehead atoms. The summed E-state index contributed by atoms with van der Waals surface area (Å²) < 4.78 is 5.74. The first-order valence-electron chi connectivity index (χ1n) is 6.89. The topological polar surface area (TPSA) is 21.3 Å². The SMILES string of the molecule is CCCC(CCC)C(NCC)C1=CCCO1. The van der Waals surface area contributed by atoms with Gasteiger partial charge in [0.2, 0.25) is 0 Å². The Morgan fingerprint density at radius 2 is 1.94 bits per heavy atom. The molecule has 0 saturated carbocycles. The lowest BCUT2D eigenvalue weighted by molar-refractivity contribution is 0.185. The molecule has 0 amide bonds. The normalized spacial score (nSPS) is 17.4. The molecule has 0 fully saturated rings. The van der Waals surface area contributed by atoms with Crippen molar-refractivity contribution in [3.8, 4) is 0 Å². The third kappa shape index (κ3) is 3.82. The quantitative estimate of drug-likeness (QED) is 0.683. The Morgan fingerprint density at radius 3 is 2.38 bits per heavy atom. The van der Waals surface area contributed by atoms with Crippen molar-refractivity contribution < 1.29 is 4.74 Å². The van der Waals surface area contributed by atoms with Gasteiger partial charge in [0.1, 0.15) is 5.76 Å². The maximum atomic E-state index is 5.74. The van der Waals surface area contributed by atoms with Crippen LogP contribution < -0.4 is 5.32 Å². The predicted molar refractivity (Wildman–Crippen MR) is 69.4 cm³/mol. The third-order valence-corrected chi connectivity index (χ3v) is 3.25. The van der Waals surface area contributed by atoms with E-state index in [4.69, 9.17) is 4.74 Å². The van der Waals surface area contributed by atoms with Crippen LogP contribution in [0.4, 0.5) is 0 Å². The van der Waals surface area contributed by atoms with Crippen molar-refractivity contribution in [3.05, 3.63) is 11.8 Å². The highest BCUT2D eigenvalue weighted by Crippen LogP contribution is 2.26. The monoisotopic (exact) mass is 225 g/mol. The van der Waals surface area contributed by atoms with E-state index in [-0.39, 0.29) is 0 Å². The number of hydrogen-bond donors (Lipinski definition) is 1. The summed E-state index contributed by atoms with van der Waals surface area (Å²) in [6.45, 7) is 8.63. The summed E-state index contributed by atoms with van der Waals surface area (Å²) in [5.74, 6) is 1.94. The first-order valence-corrected chi connectivity index (χ1v) is 6.89. The fraction of sp³-hybridized carbons (Fsp3) is 0.857. The standard InChI is InChI=1S/C14H27NO/c1-4-8-12(9-5-2)14(15-6-3)13-10-7-11-16-13/h10,12,14-15H,4-9,11H2,1-3H3. The van der Waals surface area contributed by atoms with Gasteiger partial charge in [-0.3, -0.25) is 0 Å². The van der Waals surface area contributed by atoms with Crippen LogP contribution >= 0.6 is 0 Å². The van der Waals surface area contributed by atoms with E-state index >= 15 is 0 Å². The molecule has 0 aromatic rings. The second-order valence-electron chi connectivity index (χ2n) is 4.62. The van der Waals surface area contributed by atoms with E-state index in [1.807, 2.05) is 0 Å². The van der Waals surface area contributed by atoms with Crippen molar-refractivity contribution in [1.82, 2.24) is 5.32 Å². The molecule has 0 aromatic carbocycles. The van der Waals surface area contributed by atoms with Gasteiger partial charge in [-0.1, -0.05) is 33.6 Å². The van der Waals surface area contributed by atoms with E-state index < -0.39 is 0 Å². The van der Waals surface area contributed by atoms with Crippen LogP contribution in [0.1, 0.15) is 52.9 Å². The Hall–Kier alpha value is -0.500. The molecule has 2 heteroatoms. The van der Waals surface area contributed by atoms with Gasteiger partial charge in [-0.2, -0.15) is 0 Å². The van der Waals surface area contributed by atoms with E-state index in [9.17, 15) is 0 Å². The van der Waals surface area contributed by atoms with Gasteiger partial charge in [-0.25, -0.2) is 0 Å². The summed E-state index contributed by atoms with van der Waals surface area (Å²) in [5.41, 5.74) is 0. The van der Waals surface area contributed by atoms with E-state index in [0.717, 1.165) is 25.5 Å². The Kier molecular flexibility index (Phi) is 6.55. The maximum absolute atomic E-state index is 5.74. The number of nitrogens with one attached hydrogen (secondary N) is 1. The van der Waals surface area contributed by atoms with Gasteiger partial charge in [0, 0.05) is 6.42 Å². The Morgan fingerprint density at radius 1 is 1.25 bits per heavy atom. The largest absolute Gasteiger partial charge is 0.496 e. The highest BCUT2D eigenvalue weighted by Gasteiger charge is 2.25. The maximum Gasteiger partial charge on any atom is 0.109 e. The Labute approximate surface area is 100 Å². The lowest BCUT2D eigenvalue weighted by atomic mass is 9.89. The van der Waals surface area contributed by atoms with Crippen molar-refractivity contribution in [3.63, 3.8) is 0 Å². The van der Waals surface area contributed by atoms with E-state index in [2.05, 4.69) is 32.2 Å². The minimum atomic E-state index is 0.451. The van der Waals surface area contributed by atoms with Gasteiger partial charge in [0.05, 0.1) is 12.6 Å². The molecule has 0 aliphatic carbocycles. The summed E-state index contributed by atoms with van der Waals surface area (Å²) in [7, 11) is 0. The van der Waals surface area contributed by atoms with Crippen molar-refractivity contribution in [2.24, 2.45) is 5.92 Å². The molecule has 94 valence electrons. The highest BCUT2D eigenvalue weighted by molar-refractivity contribution is 5.09. The smallest absolute Gasteiger partial charge is 0.109 e. The second-order valence-corrected chi connectivity index (χ2v) is 4.62. The molecule has 1 unspecified atom stereocenters. The Balaban J connectivity index is 2.63. The van der Waals surface area contributed by atoms with Crippen LogP contribution in [0.25, 0.3) is 0 Å². The van der Waals surface area contributed by atoms with Crippen LogP contribution in [0.3, 0.4) is 0 Å². The average Bonchev–Trinajstić information content (AvgIpc) is 2.79. The van der Waals surface area contributed by atoms with Crippen LogP contribution in [-0.2, 0) is 4.74 Å². The lowest BCUT2D eigenvalue weighted by Crippen LogP contribution is -2.38. The molecule has 1 atom stereocenters. The molecule has 1 aliphatic heterocycles. The molecular formula is C14H27NO. The molecule has 2 nitrogen and oxygen atoms in total. The molecular weight excluding hydrogens is 198 g/mol. The first-order chi connectivity index (χ1) is 7.83. The second kappa shape index (κ2) is 7.72. The summed E-state index contributed by atoms with van der Waals surface area (Å²) in [6.07, 6.45) is 8.48. The summed E-state index contributed by atoms with van der Waals surface area (Å²) >= 11 is 0. The number of likely N-dealkylation sites (N-methyl/N-ethyl adjacent to an activating group) is 1. The lowest BCUT2D eigenvalue weighted by Gasteiger charge is -2.28. The molecule has 0 spiro atoms. The van der Waals surface area contributed by atoms with E-state index in [1.165, 1.54) is 31.4 Å². The minimum absolute atomic E-state index is 0.451. The molecule has 16 heavy (non-hydrogen) atoms. The van der Waals surface area contributed by atoms with Crippen molar-refractivity contribution in [2.45, 2.75) is 58.9 Å². The molecule has 1 heterocycles. The van der Waals surface area contributed by atoms with Gasteiger partial charge >= 0.3 is 0 Å². The van der Waals surface area contributed by atoms with Gasteiger partial charge in [-0.15, -0.1) is 0 Å². The zero-order chi connectivity index (χ0) is 11.8. The van der Waals surface area contributed by atoms with Crippen LogP contribution in [0.15, 0.2) is 11.8 Å². The fourth-order valence-electron chi connectivity index (χ4n) is 2.59. The van der Waals surface area contributed by atoms with E-state index in [1.54, 1.807) is 0 Å². The molecule has 1 aliphatic rings. The van der Waals surface area contributed by atoms with Crippen molar-refractivity contribution in [2.75, 3.05) is 13.2 Å². The predicted octanol–water partition coefficient (Wildman–Crippen LogP) is 3.49. The van der Waals surface area contributed by atoms with Crippen molar-refractivity contribution >= 4 is 0 Å². The molecule has 1 rings (SSSR count). The van der Waals surface area contributed by atoms with Crippen molar-refractivity contribution in [1.29, 1.82) is 0 Å². The molecule has 0 saturated heterocycles. The summed E-state index contributed by atoms with van der Waals surface area (Å²) in [6, 6.07) is 0.451. The minimum Gasteiger partial charge on any atom is -0.496 e. The Bertz CT molecular complexity index is 207. The van der Waals surface area contributed by atoms with Gasteiger partial charge < -0.3 is 10.1 Å². The molecule has 1 N–H and O–H groups in total. The third-order valence-electron chi connectivity index (χ3n) is 3.25. The van der Waals surface area contributed by atoms with Crippen LogP contribution in [0.5, 0.6) is 0 Å². The fourth-order valence-corrected chi connectivity index (χ4v) is 2.59. The zero-order valence-corrected chi connectivity index (χ0v) is 11.1. The highest BCUT2D eigenvalue weighted by atomic mass is 16.5.